The molecule has 2 aliphatic rings. The lowest BCUT2D eigenvalue weighted by Gasteiger charge is -2.36. The number of hydrogen-bond donors (Lipinski definition) is 2. The van der Waals surface area contributed by atoms with Crippen molar-refractivity contribution in [2.45, 2.75) is 6.42 Å². The lowest BCUT2D eigenvalue weighted by Crippen LogP contribution is -2.50. The fraction of sp³-hybridized carbons (Fsp3) is 0.227. The Morgan fingerprint density at radius 2 is 1.72 bits per heavy atom. The van der Waals surface area contributed by atoms with Gasteiger partial charge in [0.25, 0.3) is 11.8 Å². The van der Waals surface area contributed by atoms with Crippen LogP contribution in [0.3, 0.4) is 0 Å². The van der Waals surface area contributed by atoms with Crippen molar-refractivity contribution < 1.29 is 14.8 Å². The molecular formula is C22H22N4O3. The maximum absolute atomic E-state index is 12.9. The zero-order valence-corrected chi connectivity index (χ0v) is 15.9. The van der Waals surface area contributed by atoms with Gasteiger partial charge < -0.3 is 9.80 Å². The van der Waals surface area contributed by atoms with Crippen molar-refractivity contribution in [3.8, 4) is 0 Å². The summed E-state index contributed by atoms with van der Waals surface area (Å²) in [5.74, 6) is -0.567. The molecule has 2 N–H and O–H groups in total. The number of amides is 2. The first kappa shape index (κ1) is 18.9. The van der Waals surface area contributed by atoms with Crippen LogP contribution < -0.4 is 10.4 Å². The van der Waals surface area contributed by atoms with Gasteiger partial charge in [-0.15, -0.1) is 0 Å². The predicted octanol–water partition coefficient (Wildman–Crippen LogP) is 2.18. The first-order valence-electron chi connectivity index (χ1n) is 9.56. The third-order valence-corrected chi connectivity index (χ3v) is 5.22. The number of piperazine rings is 1. The maximum atomic E-state index is 12.9. The van der Waals surface area contributed by atoms with Gasteiger partial charge in [0.05, 0.1) is 5.69 Å². The number of nitrogens with zero attached hydrogens (tertiary/aromatic N) is 3. The topological polar surface area (TPSA) is 85.2 Å². The summed E-state index contributed by atoms with van der Waals surface area (Å²) in [6.07, 6.45) is 3.55. The summed E-state index contributed by atoms with van der Waals surface area (Å²) in [7, 11) is 0. The van der Waals surface area contributed by atoms with E-state index in [9.17, 15) is 9.59 Å². The molecular weight excluding hydrogens is 368 g/mol. The van der Waals surface area contributed by atoms with E-state index in [2.05, 4.69) is 9.89 Å². The molecule has 0 unspecified atom stereocenters. The number of anilines is 1. The van der Waals surface area contributed by atoms with Gasteiger partial charge in [-0.25, -0.2) is 10.5 Å². The summed E-state index contributed by atoms with van der Waals surface area (Å²) in [6.45, 7) is 2.62. The van der Waals surface area contributed by atoms with Crippen molar-refractivity contribution in [1.82, 2.24) is 10.4 Å². The van der Waals surface area contributed by atoms with E-state index in [1.165, 1.54) is 6.08 Å². The van der Waals surface area contributed by atoms with Crippen LogP contribution in [0.2, 0.25) is 0 Å². The molecule has 2 heterocycles. The van der Waals surface area contributed by atoms with Crippen LogP contribution in [0.25, 0.3) is 6.08 Å². The summed E-state index contributed by atoms with van der Waals surface area (Å²) in [5.41, 5.74) is 6.06. The summed E-state index contributed by atoms with van der Waals surface area (Å²) >= 11 is 0. The van der Waals surface area contributed by atoms with Gasteiger partial charge in [0.2, 0.25) is 0 Å². The van der Waals surface area contributed by atoms with Gasteiger partial charge in [0.1, 0.15) is 5.71 Å². The highest BCUT2D eigenvalue weighted by Gasteiger charge is 2.28. The van der Waals surface area contributed by atoms with Crippen molar-refractivity contribution >= 4 is 35.0 Å². The number of hydroxylamine groups is 1. The normalized spacial score (nSPS) is 16.0. The van der Waals surface area contributed by atoms with E-state index < -0.39 is 5.91 Å². The van der Waals surface area contributed by atoms with Crippen molar-refractivity contribution in [3.63, 3.8) is 0 Å². The Labute approximate surface area is 168 Å². The molecule has 0 aliphatic carbocycles. The molecule has 0 radical (unpaired) electrons. The molecule has 29 heavy (non-hydrogen) atoms. The Balaban J connectivity index is 1.41. The molecule has 2 aromatic rings. The minimum Gasteiger partial charge on any atom is -0.367 e. The second-order valence-electron chi connectivity index (χ2n) is 7.01. The summed E-state index contributed by atoms with van der Waals surface area (Å²) < 4.78 is 0. The molecule has 1 fully saturated rings. The Morgan fingerprint density at radius 3 is 2.48 bits per heavy atom. The van der Waals surface area contributed by atoms with E-state index >= 15 is 0 Å². The van der Waals surface area contributed by atoms with E-state index in [0.717, 1.165) is 22.5 Å². The molecule has 148 valence electrons. The standard InChI is InChI=1S/C22H22N4O3/c27-21(24-29)10-9-16-5-2-4-8-20(16)25-11-13-26(14-12-25)22(28)19-15-17-6-1-3-7-18(17)23-19/h1-10,29H,11-15H2,(H,24,27)/b10-9+. The zero-order valence-electron chi connectivity index (χ0n) is 15.9. The van der Waals surface area contributed by atoms with Crippen LogP contribution in [-0.4, -0.2) is 53.8 Å². The highest BCUT2D eigenvalue weighted by atomic mass is 16.5. The van der Waals surface area contributed by atoms with Crippen LogP contribution in [0.5, 0.6) is 0 Å². The minimum absolute atomic E-state index is 0.00801. The molecule has 0 atom stereocenters. The molecule has 2 aromatic carbocycles. The van der Waals surface area contributed by atoms with Crippen LogP contribution in [0.4, 0.5) is 11.4 Å². The molecule has 0 spiro atoms. The SMILES string of the molecule is O=C(/C=C/c1ccccc1N1CCN(C(=O)C2=Nc3ccccc3C2)CC1)NO. The van der Waals surface area contributed by atoms with Crippen molar-refractivity contribution in [2.75, 3.05) is 31.1 Å². The van der Waals surface area contributed by atoms with Gasteiger partial charge in [-0.1, -0.05) is 36.4 Å². The molecule has 2 amide bonds. The third kappa shape index (κ3) is 4.05. The van der Waals surface area contributed by atoms with Crippen molar-refractivity contribution in [1.29, 1.82) is 0 Å². The quantitative estimate of drug-likeness (QED) is 0.476. The number of carbonyl (C=O) groups is 2. The van der Waals surface area contributed by atoms with Crippen LogP contribution in [0.15, 0.2) is 59.6 Å². The van der Waals surface area contributed by atoms with E-state index in [1.807, 2.05) is 53.4 Å². The lowest BCUT2D eigenvalue weighted by molar-refractivity contribution is -0.125. The number of fused-ring (bicyclic) bond motifs is 1. The Bertz CT molecular complexity index is 991. The van der Waals surface area contributed by atoms with E-state index in [-0.39, 0.29) is 5.91 Å². The smallest absolute Gasteiger partial charge is 0.268 e. The summed E-state index contributed by atoms with van der Waals surface area (Å²) in [4.78, 5) is 32.7. The Kier molecular flexibility index (Phi) is 5.39. The van der Waals surface area contributed by atoms with Gasteiger partial charge in [-0.05, 0) is 29.3 Å². The van der Waals surface area contributed by atoms with Crippen LogP contribution >= 0.6 is 0 Å². The number of nitrogens with one attached hydrogen (secondary N) is 1. The monoisotopic (exact) mass is 390 g/mol. The second kappa shape index (κ2) is 8.28. The van der Waals surface area contributed by atoms with Crippen LogP contribution in [0, 0.1) is 0 Å². The highest BCUT2D eigenvalue weighted by molar-refractivity contribution is 6.40. The first-order chi connectivity index (χ1) is 14.2. The average Bonchev–Trinajstić information content (AvgIpc) is 3.21. The summed E-state index contributed by atoms with van der Waals surface area (Å²) in [5, 5.41) is 8.65. The van der Waals surface area contributed by atoms with E-state index in [0.29, 0.717) is 38.3 Å². The number of aliphatic imine (C=N–C) groups is 1. The molecule has 2 aliphatic heterocycles. The summed E-state index contributed by atoms with van der Waals surface area (Å²) in [6, 6.07) is 15.6. The van der Waals surface area contributed by atoms with Gasteiger partial charge in [-0.2, -0.15) is 0 Å². The van der Waals surface area contributed by atoms with Gasteiger partial charge >= 0.3 is 0 Å². The number of carbonyl (C=O) groups excluding carboxylic acids is 2. The molecule has 0 saturated carbocycles. The average molecular weight is 390 g/mol. The Hall–Kier alpha value is -3.45. The molecule has 1 saturated heterocycles. The number of hydrogen-bond acceptors (Lipinski definition) is 5. The van der Waals surface area contributed by atoms with Crippen molar-refractivity contribution in [2.24, 2.45) is 4.99 Å². The van der Waals surface area contributed by atoms with Gasteiger partial charge in [-0.3, -0.25) is 14.8 Å². The van der Waals surface area contributed by atoms with Crippen LogP contribution in [0.1, 0.15) is 11.1 Å². The van der Waals surface area contributed by atoms with Crippen molar-refractivity contribution in [3.05, 3.63) is 65.7 Å². The molecule has 0 aromatic heterocycles. The number of para-hydroxylation sites is 2. The lowest BCUT2D eigenvalue weighted by atomic mass is 10.1. The zero-order chi connectivity index (χ0) is 20.2. The van der Waals surface area contributed by atoms with Crippen LogP contribution in [-0.2, 0) is 16.0 Å². The minimum atomic E-state index is -0.575. The second-order valence-corrected chi connectivity index (χ2v) is 7.01. The number of benzene rings is 2. The molecule has 7 nitrogen and oxygen atoms in total. The molecule has 7 heteroatoms. The van der Waals surface area contributed by atoms with Gasteiger partial charge in [0, 0.05) is 44.4 Å². The first-order valence-corrected chi connectivity index (χ1v) is 9.56. The Morgan fingerprint density at radius 1 is 1.00 bits per heavy atom. The van der Waals surface area contributed by atoms with E-state index in [1.54, 1.807) is 11.6 Å². The van der Waals surface area contributed by atoms with E-state index in [4.69, 9.17) is 5.21 Å². The maximum Gasteiger partial charge on any atom is 0.268 e. The fourth-order valence-corrected chi connectivity index (χ4v) is 3.71. The van der Waals surface area contributed by atoms with Gasteiger partial charge in [0.15, 0.2) is 0 Å². The highest BCUT2D eigenvalue weighted by Crippen LogP contribution is 2.27. The third-order valence-electron chi connectivity index (χ3n) is 5.22. The molecule has 4 rings (SSSR count). The largest absolute Gasteiger partial charge is 0.367 e. The predicted molar refractivity (Wildman–Crippen MR) is 111 cm³/mol. The fourth-order valence-electron chi connectivity index (χ4n) is 3.71. The molecule has 0 bridgehead atoms. The number of rotatable bonds is 4.